The fourth-order valence-corrected chi connectivity index (χ4v) is 4.81. The van der Waals surface area contributed by atoms with Crippen molar-refractivity contribution >= 4 is 31.9 Å². The van der Waals surface area contributed by atoms with Crippen molar-refractivity contribution in [2.45, 2.75) is 66.0 Å². The van der Waals surface area contributed by atoms with Crippen LogP contribution in [0.1, 0.15) is 38.5 Å². The Morgan fingerprint density at radius 2 is 1.88 bits per heavy atom. The Morgan fingerprint density at radius 1 is 1.18 bits per heavy atom. The molecular formula is C12H16Br2N2O. The molecule has 1 aliphatic heterocycles. The lowest BCUT2D eigenvalue weighted by atomic mass is 9.88. The second kappa shape index (κ2) is 4.48. The van der Waals surface area contributed by atoms with Crippen LogP contribution in [0.15, 0.2) is 0 Å². The summed E-state index contributed by atoms with van der Waals surface area (Å²) in [6, 6.07) is 0.358. The lowest BCUT2D eigenvalue weighted by Crippen LogP contribution is -2.55. The van der Waals surface area contributed by atoms with E-state index in [0.717, 1.165) is 32.1 Å². The van der Waals surface area contributed by atoms with E-state index in [1.54, 1.807) is 0 Å². The Labute approximate surface area is 119 Å². The van der Waals surface area contributed by atoms with Crippen molar-refractivity contribution < 1.29 is 4.84 Å². The van der Waals surface area contributed by atoms with Crippen LogP contribution >= 0.6 is 31.9 Å². The van der Waals surface area contributed by atoms with Gasteiger partial charge in [-0.3, -0.25) is 9.68 Å². The number of fused-ring (bicyclic) bond motifs is 2. The standard InChI is InChI=1S/C12H16Br2N2O/c1-15-12(5-3-2-4-6-12)16-8-7-9(17-16)11(14)10(8)13/h8-11H,2-7H2. The highest BCUT2D eigenvalue weighted by molar-refractivity contribution is 9.12. The maximum atomic E-state index is 7.58. The summed E-state index contributed by atoms with van der Waals surface area (Å²) in [5, 5.41) is 2.04. The third-order valence-electron chi connectivity index (χ3n) is 4.32. The average Bonchev–Trinajstić information content (AvgIpc) is 2.92. The van der Waals surface area contributed by atoms with Gasteiger partial charge in [0.25, 0.3) is 0 Å². The van der Waals surface area contributed by atoms with Crippen LogP contribution in [0, 0.1) is 6.57 Å². The first-order chi connectivity index (χ1) is 8.18. The number of rotatable bonds is 1. The van der Waals surface area contributed by atoms with E-state index in [4.69, 9.17) is 11.4 Å². The molecule has 2 bridgehead atoms. The zero-order valence-electron chi connectivity index (χ0n) is 9.61. The molecule has 4 atom stereocenters. The smallest absolute Gasteiger partial charge is 0.290 e. The highest BCUT2D eigenvalue weighted by Crippen LogP contribution is 2.49. The van der Waals surface area contributed by atoms with Gasteiger partial charge in [0.05, 0.1) is 17.0 Å². The summed E-state index contributed by atoms with van der Waals surface area (Å²) in [7, 11) is 0. The monoisotopic (exact) mass is 362 g/mol. The molecule has 3 aliphatic rings. The van der Waals surface area contributed by atoms with Crippen LogP contribution in [0.4, 0.5) is 0 Å². The van der Waals surface area contributed by atoms with Crippen LogP contribution in [0.5, 0.6) is 0 Å². The van der Waals surface area contributed by atoms with Gasteiger partial charge in [-0.05, 0) is 19.3 Å². The van der Waals surface area contributed by atoms with Crippen molar-refractivity contribution in [2.75, 3.05) is 0 Å². The Morgan fingerprint density at radius 3 is 2.41 bits per heavy atom. The van der Waals surface area contributed by atoms with E-state index in [1.165, 1.54) is 6.42 Å². The zero-order chi connectivity index (χ0) is 12.0. The molecule has 1 heterocycles. The van der Waals surface area contributed by atoms with Crippen molar-refractivity contribution in [1.82, 2.24) is 5.06 Å². The summed E-state index contributed by atoms with van der Waals surface area (Å²) >= 11 is 7.43. The normalized spacial score (nSPS) is 44.8. The predicted molar refractivity (Wildman–Crippen MR) is 73.0 cm³/mol. The number of nitrogens with zero attached hydrogens (tertiary/aromatic N) is 2. The lowest BCUT2D eigenvalue weighted by molar-refractivity contribution is -0.234. The number of hydrogen-bond donors (Lipinski definition) is 0. The molecule has 3 fully saturated rings. The molecule has 0 aromatic heterocycles. The highest BCUT2D eigenvalue weighted by Gasteiger charge is 2.60. The van der Waals surface area contributed by atoms with Gasteiger partial charge in [-0.2, -0.15) is 0 Å². The Balaban J connectivity index is 1.83. The van der Waals surface area contributed by atoms with Gasteiger partial charge >= 0.3 is 5.66 Å². The number of hydrogen-bond acceptors (Lipinski definition) is 2. The summed E-state index contributed by atoms with van der Waals surface area (Å²) < 4.78 is 0. The quantitative estimate of drug-likeness (QED) is 0.524. The number of alkyl halides is 2. The maximum absolute atomic E-state index is 7.58. The Kier molecular flexibility index (Phi) is 3.27. The highest BCUT2D eigenvalue weighted by atomic mass is 79.9. The van der Waals surface area contributed by atoms with Gasteiger partial charge in [0.1, 0.15) is 0 Å². The number of hydroxylamine groups is 2. The average molecular weight is 364 g/mol. The molecule has 17 heavy (non-hydrogen) atoms. The van der Waals surface area contributed by atoms with E-state index in [2.05, 4.69) is 36.7 Å². The molecule has 2 aliphatic carbocycles. The first-order valence-corrected chi connectivity index (χ1v) is 8.14. The molecule has 0 amide bonds. The van der Waals surface area contributed by atoms with E-state index in [9.17, 15) is 0 Å². The molecule has 3 rings (SSSR count). The molecule has 0 N–H and O–H groups in total. The molecule has 0 radical (unpaired) electrons. The van der Waals surface area contributed by atoms with Crippen LogP contribution in [0.3, 0.4) is 0 Å². The summed E-state index contributed by atoms with van der Waals surface area (Å²) in [6.45, 7) is 7.58. The Hall–Kier alpha value is 0.370. The topological polar surface area (TPSA) is 16.8 Å². The van der Waals surface area contributed by atoms with Gasteiger partial charge in [0, 0.05) is 17.7 Å². The van der Waals surface area contributed by atoms with E-state index < -0.39 is 0 Å². The third kappa shape index (κ3) is 1.80. The fourth-order valence-electron chi connectivity index (χ4n) is 3.37. The molecule has 5 heteroatoms. The molecule has 0 aromatic rings. The maximum Gasteiger partial charge on any atom is 0.309 e. The molecule has 0 aromatic carbocycles. The summed E-state index contributed by atoms with van der Waals surface area (Å²) in [6.07, 6.45) is 6.79. The second-order valence-corrected chi connectivity index (χ2v) is 7.43. The van der Waals surface area contributed by atoms with Crippen LogP contribution in [-0.4, -0.2) is 32.5 Å². The first-order valence-electron chi connectivity index (χ1n) is 6.31. The molecule has 0 spiro atoms. The van der Waals surface area contributed by atoms with Gasteiger partial charge in [0.15, 0.2) is 0 Å². The van der Waals surface area contributed by atoms with Crippen molar-refractivity contribution in [3.63, 3.8) is 0 Å². The Bertz CT molecular complexity index is 349. The molecule has 94 valence electrons. The summed E-state index contributed by atoms with van der Waals surface area (Å²) in [5.41, 5.74) is -0.378. The van der Waals surface area contributed by atoms with Gasteiger partial charge in [0.2, 0.25) is 0 Å². The second-order valence-electron chi connectivity index (χ2n) is 5.32. The molecule has 4 unspecified atom stereocenters. The van der Waals surface area contributed by atoms with E-state index in [0.29, 0.717) is 15.7 Å². The van der Waals surface area contributed by atoms with E-state index in [-0.39, 0.29) is 11.8 Å². The minimum atomic E-state index is -0.378. The lowest BCUT2D eigenvalue weighted by Gasteiger charge is -2.40. The molecule has 3 nitrogen and oxygen atoms in total. The van der Waals surface area contributed by atoms with E-state index in [1.807, 2.05) is 5.06 Å². The molecular weight excluding hydrogens is 348 g/mol. The van der Waals surface area contributed by atoms with Crippen molar-refractivity contribution in [3.8, 4) is 0 Å². The first kappa shape index (κ1) is 12.4. The van der Waals surface area contributed by atoms with Gasteiger partial charge in [-0.1, -0.05) is 38.3 Å². The third-order valence-corrected chi connectivity index (χ3v) is 7.37. The van der Waals surface area contributed by atoms with Crippen molar-refractivity contribution in [2.24, 2.45) is 0 Å². The van der Waals surface area contributed by atoms with Crippen molar-refractivity contribution in [1.29, 1.82) is 0 Å². The zero-order valence-corrected chi connectivity index (χ0v) is 12.8. The van der Waals surface area contributed by atoms with Crippen molar-refractivity contribution in [3.05, 3.63) is 11.4 Å². The van der Waals surface area contributed by atoms with Crippen LogP contribution in [0.25, 0.3) is 4.85 Å². The predicted octanol–water partition coefficient (Wildman–Crippen LogP) is 3.48. The minimum absolute atomic E-state index is 0.241. The van der Waals surface area contributed by atoms with Gasteiger partial charge in [-0.15, -0.1) is 5.06 Å². The minimum Gasteiger partial charge on any atom is -0.290 e. The van der Waals surface area contributed by atoms with Gasteiger partial charge < -0.3 is 0 Å². The SMILES string of the molecule is [C-]#[N+]C1(N2OC3CC2C(Br)C3Br)CCCCC1. The van der Waals surface area contributed by atoms with Gasteiger partial charge in [-0.25, -0.2) is 6.57 Å². The summed E-state index contributed by atoms with van der Waals surface area (Å²) in [4.78, 5) is 10.8. The fraction of sp³-hybridized carbons (Fsp3) is 0.917. The van der Waals surface area contributed by atoms with Crippen LogP contribution < -0.4 is 0 Å². The number of halogens is 2. The largest absolute Gasteiger partial charge is 0.309 e. The molecule has 2 saturated carbocycles. The van der Waals surface area contributed by atoms with Crippen LogP contribution in [-0.2, 0) is 4.84 Å². The van der Waals surface area contributed by atoms with Crippen LogP contribution in [0.2, 0.25) is 0 Å². The summed E-state index contributed by atoms with van der Waals surface area (Å²) in [5.74, 6) is 0. The molecule has 1 saturated heterocycles. The van der Waals surface area contributed by atoms with E-state index >= 15 is 0 Å².